The van der Waals surface area contributed by atoms with Crippen molar-refractivity contribution < 1.29 is 4.79 Å². The number of likely N-dealkylation sites (tertiary alicyclic amines) is 1. The highest BCUT2D eigenvalue weighted by Gasteiger charge is 2.31. The highest BCUT2D eigenvalue weighted by molar-refractivity contribution is 9.10. The van der Waals surface area contributed by atoms with Gasteiger partial charge in [0.15, 0.2) is 10.8 Å². The van der Waals surface area contributed by atoms with Gasteiger partial charge < -0.3 is 4.90 Å². The molecule has 1 saturated heterocycles. The minimum atomic E-state index is -0.0957. The molecule has 0 radical (unpaired) electrons. The Morgan fingerprint density at radius 2 is 2.14 bits per heavy atom. The summed E-state index contributed by atoms with van der Waals surface area (Å²) >= 11 is 9.19. The second kappa shape index (κ2) is 6.12. The molecule has 2 aromatic rings. The van der Waals surface area contributed by atoms with Gasteiger partial charge in [-0.05, 0) is 42.7 Å². The molecule has 4 nitrogen and oxygen atoms in total. The molecular formula is C15H13BrClN3O. The van der Waals surface area contributed by atoms with E-state index >= 15 is 0 Å². The summed E-state index contributed by atoms with van der Waals surface area (Å²) in [7, 11) is 0. The van der Waals surface area contributed by atoms with Crippen molar-refractivity contribution >= 4 is 33.4 Å². The molecule has 1 aromatic carbocycles. The third kappa shape index (κ3) is 3.09. The first-order valence-corrected chi connectivity index (χ1v) is 7.88. The molecule has 0 saturated carbocycles. The predicted octanol–water partition coefficient (Wildman–Crippen LogP) is 3.87. The molecule has 21 heavy (non-hydrogen) atoms. The average molecular weight is 367 g/mol. The zero-order valence-electron chi connectivity index (χ0n) is 11.2. The molecule has 3 rings (SSSR count). The summed E-state index contributed by atoms with van der Waals surface area (Å²) in [5.41, 5.74) is 1.47. The Hall–Kier alpha value is -1.46. The normalized spacial score (nSPS) is 18.0. The fraction of sp³-hybridized carbons (Fsp3) is 0.267. The first-order valence-electron chi connectivity index (χ1n) is 6.71. The zero-order valence-corrected chi connectivity index (χ0v) is 13.5. The van der Waals surface area contributed by atoms with E-state index < -0.39 is 0 Å². The lowest BCUT2D eigenvalue weighted by Crippen LogP contribution is -2.31. The summed E-state index contributed by atoms with van der Waals surface area (Å²) in [6, 6.07) is 11.4. The molecule has 1 aliphatic heterocycles. The summed E-state index contributed by atoms with van der Waals surface area (Å²) in [6.45, 7) is 0.736. The number of nitrogens with zero attached hydrogens (tertiary/aromatic N) is 3. The van der Waals surface area contributed by atoms with E-state index in [1.807, 2.05) is 17.0 Å². The minimum Gasteiger partial charge on any atom is -0.330 e. The SMILES string of the molecule is O=C(c1ccc(Cl)nn1)N1CCCC1c1cccc(Br)c1. The van der Waals surface area contributed by atoms with Gasteiger partial charge in [-0.15, -0.1) is 10.2 Å². The highest BCUT2D eigenvalue weighted by atomic mass is 79.9. The van der Waals surface area contributed by atoms with Crippen LogP contribution in [0.4, 0.5) is 0 Å². The third-order valence-electron chi connectivity index (χ3n) is 3.60. The van der Waals surface area contributed by atoms with Crippen molar-refractivity contribution in [2.24, 2.45) is 0 Å². The van der Waals surface area contributed by atoms with Crippen LogP contribution in [0.25, 0.3) is 0 Å². The quantitative estimate of drug-likeness (QED) is 0.810. The molecule has 2 heterocycles. The number of carbonyl (C=O) groups excluding carboxylic acids is 1. The molecule has 1 aromatic heterocycles. The van der Waals surface area contributed by atoms with E-state index in [4.69, 9.17) is 11.6 Å². The Balaban J connectivity index is 1.87. The van der Waals surface area contributed by atoms with Crippen molar-refractivity contribution in [1.29, 1.82) is 0 Å². The van der Waals surface area contributed by atoms with Crippen molar-refractivity contribution in [2.45, 2.75) is 18.9 Å². The summed E-state index contributed by atoms with van der Waals surface area (Å²) in [5.74, 6) is -0.0957. The van der Waals surface area contributed by atoms with Crippen LogP contribution in [-0.2, 0) is 0 Å². The Kier molecular flexibility index (Phi) is 4.22. The van der Waals surface area contributed by atoms with Gasteiger partial charge in [0.1, 0.15) is 0 Å². The van der Waals surface area contributed by atoms with Crippen molar-refractivity contribution in [3.8, 4) is 0 Å². The lowest BCUT2D eigenvalue weighted by molar-refractivity contribution is 0.0728. The van der Waals surface area contributed by atoms with E-state index in [1.165, 1.54) is 0 Å². The van der Waals surface area contributed by atoms with E-state index in [2.05, 4.69) is 38.3 Å². The van der Waals surface area contributed by atoms with Crippen molar-refractivity contribution in [3.63, 3.8) is 0 Å². The van der Waals surface area contributed by atoms with Gasteiger partial charge in [-0.25, -0.2) is 0 Å². The standard InChI is InChI=1S/C15H13BrClN3O/c16-11-4-1-3-10(9-11)13-5-2-8-20(13)15(21)12-6-7-14(17)19-18-12/h1,3-4,6-7,9,13H,2,5,8H2. The van der Waals surface area contributed by atoms with Crippen LogP contribution >= 0.6 is 27.5 Å². The van der Waals surface area contributed by atoms with Gasteiger partial charge >= 0.3 is 0 Å². The topological polar surface area (TPSA) is 46.1 Å². The molecule has 1 unspecified atom stereocenters. The Labute approximate surface area is 136 Å². The maximum Gasteiger partial charge on any atom is 0.274 e. The van der Waals surface area contributed by atoms with Crippen LogP contribution in [0.5, 0.6) is 0 Å². The van der Waals surface area contributed by atoms with Crippen molar-refractivity contribution in [3.05, 3.63) is 57.3 Å². The molecule has 0 bridgehead atoms. The second-order valence-electron chi connectivity index (χ2n) is 4.95. The highest BCUT2D eigenvalue weighted by Crippen LogP contribution is 2.33. The minimum absolute atomic E-state index is 0.0903. The van der Waals surface area contributed by atoms with Gasteiger partial charge in [-0.1, -0.05) is 39.7 Å². The monoisotopic (exact) mass is 365 g/mol. The van der Waals surface area contributed by atoms with E-state index in [1.54, 1.807) is 12.1 Å². The molecule has 0 aliphatic carbocycles. The number of hydrogen-bond donors (Lipinski definition) is 0. The Morgan fingerprint density at radius 1 is 1.29 bits per heavy atom. The molecule has 108 valence electrons. The van der Waals surface area contributed by atoms with Crippen LogP contribution in [0.15, 0.2) is 40.9 Å². The van der Waals surface area contributed by atoms with E-state index in [-0.39, 0.29) is 17.1 Å². The summed E-state index contributed by atoms with van der Waals surface area (Å²) in [5, 5.41) is 7.92. The van der Waals surface area contributed by atoms with Crippen LogP contribution in [0.1, 0.15) is 34.9 Å². The predicted molar refractivity (Wildman–Crippen MR) is 84.2 cm³/mol. The van der Waals surface area contributed by atoms with Gasteiger partial charge in [0.25, 0.3) is 5.91 Å². The van der Waals surface area contributed by atoms with Gasteiger partial charge in [-0.2, -0.15) is 0 Å². The van der Waals surface area contributed by atoms with Crippen LogP contribution in [-0.4, -0.2) is 27.5 Å². The lowest BCUT2D eigenvalue weighted by Gasteiger charge is -2.24. The molecule has 0 spiro atoms. The van der Waals surface area contributed by atoms with Crippen LogP contribution in [0.2, 0.25) is 5.15 Å². The largest absolute Gasteiger partial charge is 0.330 e. The number of aromatic nitrogens is 2. The fourth-order valence-corrected chi connectivity index (χ4v) is 3.17. The summed E-state index contributed by atoms with van der Waals surface area (Å²) in [6.07, 6.45) is 1.95. The molecule has 1 amide bonds. The Morgan fingerprint density at radius 3 is 2.86 bits per heavy atom. The van der Waals surface area contributed by atoms with Gasteiger partial charge in [0, 0.05) is 11.0 Å². The van der Waals surface area contributed by atoms with Gasteiger partial charge in [0.05, 0.1) is 6.04 Å². The van der Waals surface area contributed by atoms with E-state index in [0.29, 0.717) is 5.69 Å². The smallest absolute Gasteiger partial charge is 0.274 e. The zero-order chi connectivity index (χ0) is 14.8. The van der Waals surface area contributed by atoms with Crippen LogP contribution in [0.3, 0.4) is 0 Å². The summed E-state index contributed by atoms with van der Waals surface area (Å²) < 4.78 is 1.02. The number of benzene rings is 1. The molecule has 0 N–H and O–H groups in total. The molecular weight excluding hydrogens is 354 g/mol. The second-order valence-corrected chi connectivity index (χ2v) is 6.26. The van der Waals surface area contributed by atoms with E-state index in [0.717, 1.165) is 29.4 Å². The molecule has 1 aliphatic rings. The third-order valence-corrected chi connectivity index (χ3v) is 4.29. The summed E-state index contributed by atoms with van der Waals surface area (Å²) in [4.78, 5) is 14.5. The number of rotatable bonds is 2. The van der Waals surface area contributed by atoms with Crippen molar-refractivity contribution in [1.82, 2.24) is 15.1 Å². The van der Waals surface area contributed by atoms with Crippen LogP contribution < -0.4 is 0 Å². The fourth-order valence-electron chi connectivity index (χ4n) is 2.65. The maximum atomic E-state index is 12.6. The van der Waals surface area contributed by atoms with Gasteiger partial charge in [0.2, 0.25) is 0 Å². The average Bonchev–Trinajstić information content (AvgIpc) is 2.97. The van der Waals surface area contributed by atoms with Gasteiger partial charge in [-0.3, -0.25) is 4.79 Å². The first-order chi connectivity index (χ1) is 10.1. The number of halogens is 2. The maximum absolute atomic E-state index is 12.6. The van der Waals surface area contributed by atoms with Crippen molar-refractivity contribution in [2.75, 3.05) is 6.54 Å². The lowest BCUT2D eigenvalue weighted by atomic mass is 10.0. The number of carbonyl (C=O) groups is 1. The number of hydrogen-bond acceptors (Lipinski definition) is 3. The van der Waals surface area contributed by atoms with E-state index in [9.17, 15) is 4.79 Å². The molecule has 6 heteroatoms. The van der Waals surface area contributed by atoms with Crippen LogP contribution in [0, 0.1) is 0 Å². The molecule has 1 atom stereocenters. The Bertz CT molecular complexity index is 662. The number of amides is 1. The molecule has 1 fully saturated rings. The first kappa shape index (κ1) is 14.5.